The minimum absolute atomic E-state index is 0.00514. The molecule has 1 aliphatic rings. The third kappa shape index (κ3) is 4.68. The van der Waals surface area contributed by atoms with Gasteiger partial charge in [-0.2, -0.15) is 0 Å². The second-order valence-electron chi connectivity index (χ2n) is 6.38. The lowest BCUT2D eigenvalue weighted by Gasteiger charge is -2.15. The molecule has 1 amide bonds. The largest absolute Gasteiger partial charge is 0.493 e. The van der Waals surface area contributed by atoms with Gasteiger partial charge in [0.05, 0.1) is 32.1 Å². The van der Waals surface area contributed by atoms with Gasteiger partial charge in [-0.15, -0.1) is 5.10 Å². The Morgan fingerprint density at radius 1 is 1.43 bits per heavy atom. The first-order valence-electron chi connectivity index (χ1n) is 8.98. The summed E-state index contributed by atoms with van der Waals surface area (Å²) in [7, 11) is 3.08. The molecule has 1 aliphatic heterocycles. The number of H-pyrrole nitrogens is 1. The predicted octanol–water partition coefficient (Wildman–Crippen LogP) is 1.89. The van der Waals surface area contributed by atoms with Crippen molar-refractivity contribution in [2.75, 3.05) is 26.1 Å². The van der Waals surface area contributed by atoms with Gasteiger partial charge in [0.1, 0.15) is 0 Å². The first kappa shape index (κ1) is 20.3. The van der Waals surface area contributed by atoms with E-state index in [1.54, 1.807) is 32.2 Å². The number of carbonyl (C=O) groups is 1. The molecule has 0 saturated carbocycles. The number of thioether (sulfide) groups is 1. The molecule has 2 aromatic rings. The molecular formula is C18H24N4O5S. The minimum Gasteiger partial charge on any atom is -0.493 e. The summed E-state index contributed by atoms with van der Waals surface area (Å²) >= 11 is 1.22. The predicted molar refractivity (Wildman–Crippen MR) is 105 cm³/mol. The van der Waals surface area contributed by atoms with E-state index >= 15 is 0 Å². The summed E-state index contributed by atoms with van der Waals surface area (Å²) in [6.07, 6.45) is 1.91. The number of nitrogens with zero attached hydrogens (tertiary/aromatic N) is 2. The summed E-state index contributed by atoms with van der Waals surface area (Å²) in [4.78, 5) is 24.6. The van der Waals surface area contributed by atoms with Crippen LogP contribution in [0.1, 0.15) is 19.8 Å². The Labute approximate surface area is 166 Å². The quantitative estimate of drug-likeness (QED) is 0.642. The number of carbonyl (C=O) groups excluding carboxylic acids is 1. The summed E-state index contributed by atoms with van der Waals surface area (Å²) in [5, 5.41) is 9.35. The highest BCUT2D eigenvalue weighted by atomic mass is 32.2. The fourth-order valence-corrected chi connectivity index (χ4v) is 3.78. The highest BCUT2D eigenvalue weighted by molar-refractivity contribution is 8.00. The van der Waals surface area contributed by atoms with Crippen LogP contribution in [0.15, 0.2) is 28.2 Å². The molecule has 0 radical (unpaired) electrons. The summed E-state index contributed by atoms with van der Waals surface area (Å²) < 4.78 is 17.6. The van der Waals surface area contributed by atoms with Crippen LogP contribution in [0.4, 0.5) is 5.69 Å². The van der Waals surface area contributed by atoms with E-state index in [0.29, 0.717) is 35.5 Å². The van der Waals surface area contributed by atoms with Crippen molar-refractivity contribution in [2.24, 2.45) is 0 Å². The van der Waals surface area contributed by atoms with Crippen molar-refractivity contribution in [3.63, 3.8) is 0 Å². The Balaban J connectivity index is 1.65. The minimum atomic E-state index is -0.466. The number of benzene rings is 1. The van der Waals surface area contributed by atoms with Gasteiger partial charge in [-0.3, -0.25) is 9.36 Å². The Morgan fingerprint density at radius 2 is 2.21 bits per heavy atom. The second kappa shape index (κ2) is 9.16. The first-order valence-corrected chi connectivity index (χ1v) is 9.86. The molecule has 1 saturated heterocycles. The van der Waals surface area contributed by atoms with Crippen LogP contribution in [-0.2, 0) is 16.1 Å². The highest BCUT2D eigenvalue weighted by Gasteiger charge is 2.23. The monoisotopic (exact) mass is 408 g/mol. The molecule has 28 heavy (non-hydrogen) atoms. The molecule has 1 aromatic heterocycles. The van der Waals surface area contributed by atoms with E-state index in [2.05, 4.69) is 15.5 Å². The molecule has 9 nitrogen and oxygen atoms in total. The zero-order valence-corrected chi connectivity index (χ0v) is 16.9. The smallest absolute Gasteiger partial charge is 0.344 e. The molecule has 10 heteroatoms. The van der Waals surface area contributed by atoms with Crippen molar-refractivity contribution in [2.45, 2.75) is 42.8 Å². The Hall–Kier alpha value is -2.46. The number of ether oxygens (including phenoxy) is 3. The number of nitrogens with one attached hydrogen (secondary N) is 2. The lowest BCUT2D eigenvalue weighted by Crippen LogP contribution is -2.26. The maximum absolute atomic E-state index is 12.6. The molecule has 1 fully saturated rings. The number of hydrogen-bond donors (Lipinski definition) is 2. The number of aromatic nitrogens is 3. The Kier molecular flexibility index (Phi) is 6.63. The summed E-state index contributed by atoms with van der Waals surface area (Å²) in [5.41, 5.74) is 0.291. The fraction of sp³-hybridized carbons (Fsp3) is 0.500. The van der Waals surface area contributed by atoms with Crippen LogP contribution in [0.25, 0.3) is 0 Å². The standard InChI is InChI=1S/C18H24N4O5S/c1-11(16(23)19-12-6-7-14(25-2)15(9-12)26-3)28-18-21-20-17(24)22(18)10-13-5-4-8-27-13/h6-7,9,11,13H,4-5,8,10H2,1-3H3,(H,19,23)(H,20,24)/t11-,13+/m1/s1. The van der Waals surface area contributed by atoms with Gasteiger partial charge in [-0.25, -0.2) is 9.89 Å². The van der Waals surface area contributed by atoms with E-state index in [4.69, 9.17) is 14.2 Å². The van der Waals surface area contributed by atoms with E-state index in [1.165, 1.54) is 23.4 Å². The number of methoxy groups -OCH3 is 2. The molecule has 0 aliphatic carbocycles. The summed E-state index contributed by atoms with van der Waals surface area (Å²) in [5.74, 6) is 0.896. The van der Waals surface area contributed by atoms with E-state index < -0.39 is 5.25 Å². The van der Waals surface area contributed by atoms with Crippen molar-refractivity contribution >= 4 is 23.4 Å². The normalized spacial score (nSPS) is 17.3. The zero-order valence-electron chi connectivity index (χ0n) is 16.1. The van der Waals surface area contributed by atoms with Crippen molar-refractivity contribution < 1.29 is 19.0 Å². The molecule has 152 valence electrons. The van der Waals surface area contributed by atoms with Crippen molar-refractivity contribution in [3.8, 4) is 11.5 Å². The Morgan fingerprint density at radius 3 is 2.89 bits per heavy atom. The van der Waals surface area contributed by atoms with E-state index in [0.717, 1.165) is 12.8 Å². The lowest BCUT2D eigenvalue weighted by molar-refractivity contribution is -0.115. The number of rotatable bonds is 8. The number of amides is 1. The van der Waals surface area contributed by atoms with Crippen LogP contribution in [0.2, 0.25) is 0 Å². The van der Waals surface area contributed by atoms with E-state index in [1.807, 2.05) is 0 Å². The lowest BCUT2D eigenvalue weighted by atomic mass is 10.2. The topological polar surface area (TPSA) is 107 Å². The van der Waals surface area contributed by atoms with Crippen molar-refractivity contribution in [3.05, 3.63) is 28.7 Å². The van der Waals surface area contributed by atoms with Crippen LogP contribution < -0.4 is 20.5 Å². The highest BCUT2D eigenvalue weighted by Crippen LogP contribution is 2.30. The first-order chi connectivity index (χ1) is 13.5. The van der Waals surface area contributed by atoms with Gasteiger partial charge < -0.3 is 19.5 Å². The van der Waals surface area contributed by atoms with Crippen LogP contribution >= 0.6 is 11.8 Å². The summed E-state index contributed by atoms with van der Waals surface area (Å²) in [6, 6.07) is 5.15. The van der Waals surface area contributed by atoms with Gasteiger partial charge in [-0.05, 0) is 31.9 Å². The van der Waals surface area contributed by atoms with Crippen LogP contribution in [-0.4, -0.2) is 52.9 Å². The molecular weight excluding hydrogens is 384 g/mol. The van der Waals surface area contributed by atoms with Gasteiger partial charge in [0.2, 0.25) is 5.91 Å². The van der Waals surface area contributed by atoms with Crippen LogP contribution in [0.3, 0.4) is 0 Å². The molecule has 2 heterocycles. The molecule has 3 rings (SSSR count). The average molecular weight is 408 g/mol. The molecule has 0 bridgehead atoms. The van der Waals surface area contributed by atoms with Gasteiger partial charge in [0.25, 0.3) is 0 Å². The number of hydrogen-bond acceptors (Lipinski definition) is 7. The van der Waals surface area contributed by atoms with Gasteiger partial charge in [0.15, 0.2) is 16.7 Å². The maximum Gasteiger partial charge on any atom is 0.344 e. The van der Waals surface area contributed by atoms with E-state index in [-0.39, 0.29) is 17.7 Å². The van der Waals surface area contributed by atoms with Gasteiger partial charge in [-0.1, -0.05) is 11.8 Å². The third-order valence-corrected chi connectivity index (χ3v) is 5.53. The van der Waals surface area contributed by atoms with Gasteiger partial charge in [0, 0.05) is 18.4 Å². The van der Waals surface area contributed by atoms with E-state index in [9.17, 15) is 9.59 Å². The van der Waals surface area contributed by atoms with Crippen LogP contribution in [0, 0.1) is 0 Å². The SMILES string of the molecule is COc1ccc(NC(=O)[C@@H](C)Sc2n[nH]c(=O)n2C[C@@H]2CCCO2)cc1OC. The fourth-order valence-electron chi connectivity index (χ4n) is 2.92. The van der Waals surface area contributed by atoms with Crippen LogP contribution in [0.5, 0.6) is 11.5 Å². The van der Waals surface area contributed by atoms with Gasteiger partial charge >= 0.3 is 5.69 Å². The molecule has 0 unspecified atom stereocenters. The molecule has 0 spiro atoms. The van der Waals surface area contributed by atoms with Crippen molar-refractivity contribution in [1.29, 1.82) is 0 Å². The number of anilines is 1. The molecule has 1 aromatic carbocycles. The number of aromatic amines is 1. The van der Waals surface area contributed by atoms with Crippen molar-refractivity contribution in [1.82, 2.24) is 14.8 Å². The molecule has 2 atom stereocenters. The Bertz CT molecular complexity index is 875. The maximum atomic E-state index is 12.6. The summed E-state index contributed by atoms with van der Waals surface area (Å²) in [6.45, 7) is 2.90. The average Bonchev–Trinajstić information content (AvgIpc) is 3.33. The zero-order chi connectivity index (χ0) is 20.1. The third-order valence-electron chi connectivity index (χ3n) is 4.44. The second-order valence-corrected chi connectivity index (χ2v) is 7.68. The molecule has 2 N–H and O–H groups in total.